The molecule has 0 amide bonds. The van der Waals surface area contributed by atoms with Crippen molar-refractivity contribution in [3.05, 3.63) is 41.1 Å². The first kappa shape index (κ1) is 8.64. The molecular weight excluding hydrogens is 184 g/mol. The van der Waals surface area contributed by atoms with E-state index in [1.165, 1.54) is 6.42 Å². The lowest BCUT2D eigenvalue weighted by atomic mass is 10.3. The second-order valence-electron chi connectivity index (χ2n) is 3.12. The Hall–Kier alpha value is -0.950. The first-order valence-corrected chi connectivity index (χ1v) is 4.85. The topological polar surface area (TPSA) is 9.23 Å². The van der Waals surface area contributed by atoms with Crippen LogP contribution >= 0.6 is 11.6 Å². The highest BCUT2D eigenvalue weighted by atomic mass is 35.5. The lowest BCUT2D eigenvalue weighted by Crippen LogP contribution is -1.90. The van der Waals surface area contributed by atoms with Crippen LogP contribution in [0.4, 0.5) is 0 Å². The van der Waals surface area contributed by atoms with Crippen molar-refractivity contribution in [3.63, 3.8) is 0 Å². The van der Waals surface area contributed by atoms with Gasteiger partial charge in [-0.25, -0.2) is 0 Å². The van der Waals surface area contributed by atoms with Gasteiger partial charge in [0.15, 0.2) is 0 Å². The molecule has 0 N–H and O–H groups in total. The van der Waals surface area contributed by atoms with Crippen molar-refractivity contribution in [3.8, 4) is 5.75 Å². The van der Waals surface area contributed by atoms with E-state index in [-0.39, 0.29) is 0 Å². The fourth-order valence-corrected chi connectivity index (χ4v) is 1.51. The predicted octanol–water partition coefficient (Wildman–Crippen LogP) is 3.79. The molecule has 1 aliphatic rings. The molecule has 0 bridgehead atoms. The molecule has 0 aliphatic heterocycles. The minimum Gasteiger partial charge on any atom is -0.462 e. The molecular formula is C11H11ClO. The minimum atomic E-state index is 0.743. The molecule has 0 saturated heterocycles. The third-order valence-electron chi connectivity index (χ3n) is 2.06. The molecule has 2 rings (SSSR count). The second-order valence-corrected chi connectivity index (χ2v) is 3.56. The van der Waals surface area contributed by atoms with Gasteiger partial charge < -0.3 is 4.74 Å². The number of ether oxygens (including phenoxy) is 1. The Morgan fingerprint density at radius 3 is 2.54 bits per heavy atom. The highest BCUT2D eigenvalue weighted by molar-refractivity contribution is 6.30. The zero-order valence-electron chi connectivity index (χ0n) is 7.29. The summed E-state index contributed by atoms with van der Waals surface area (Å²) in [6, 6.07) is 7.46. The number of hydrogen-bond acceptors (Lipinski definition) is 1. The number of halogens is 1. The average Bonchev–Trinajstić information content (AvgIpc) is 2.62. The maximum atomic E-state index is 5.76. The molecule has 0 fully saturated rings. The summed E-state index contributed by atoms with van der Waals surface area (Å²) in [5, 5.41) is 0.743. The zero-order valence-corrected chi connectivity index (χ0v) is 8.05. The van der Waals surface area contributed by atoms with Gasteiger partial charge in [-0.2, -0.15) is 0 Å². The molecule has 0 unspecified atom stereocenters. The van der Waals surface area contributed by atoms with Crippen molar-refractivity contribution >= 4 is 11.6 Å². The van der Waals surface area contributed by atoms with Gasteiger partial charge in [0.05, 0.1) is 0 Å². The van der Waals surface area contributed by atoms with Crippen molar-refractivity contribution in [1.82, 2.24) is 0 Å². The van der Waals surface area contributed by atoms with Gasteiger partial charge in [-0.15, -0.1) is 0 Å². The molecule has 0 atom stereocenters. The summed E-state index contributed by atoms with van der Waals surface area (Å²) in [6.45, 7) is 0. The van der Waals surface area contributed by atoms with Gasteiger partial charge in [0, 0.05) is 11.4 Å². The van der Waals surface area contributed by atoms with Crippen molar-refractivity contribution in [2.45, 2.75) is 19.3 Å². The van der Waals surface area contributed by atoms with Gasteiger partial charge >= 0.3 is 0 Å². The first-order valence-electron chi connectivity index (χ1n) is 4.47. The second kappa shape index (κ2) is 3.84. The van der Waals surface area contributed by atoms with Gasteiger partial charge in [-0.3, -0.25) is 0 Å². The first-order chi connectivity index (χ1) is 6.34. The summed E-state index contributed by atoms with van der Waals surface area (Å²) in [5.41, 5.74) is 0. The van der Waals surface area contributed by atoms with E-state index in [1.54, 1.807) is 0 Å². The van der Waals surface area contributed by atoms with Crippen LogP contribution in [0, 0.1) is 0 Å². The quantitative estimate of drug-likeness (QED) is 0.696. The van der Waals surface area contributed by atoms with Crippen LogP contribution in [-0.4, -0.2) is 0 Å². The third-order valence-corrected chi connectivity index (χ3v) is 2.31. The summed E-state index contributed by atoms with van der Waals surface area (Å²) in [6.07, 6.45) is 5.56. The summed E-state index contributed by atoms with van der Waals surface area (Å²) >= 11 is 5.76. The van der Waals surface area contributed by atoms with Crippen molar-refractivity contribution in [2.75, 3.05) is 0 Å². The van der Waals surface area contributed by atoms with Crippen LogP contribution in [0.5, 0.6) is 5.75 Å². The highest BCUT2D eigenvalue weighted by Gasteiger charge is 2.05. The summed E-state index contributed by atoms with van der Waals surface area (Å²) in [5.74, 6) is 1.96. The zero-order chi connectivity index (χ0) is 9.10. The van der Waals surface area contributed by atoms with Gasteiger partial charge in [-0.1, -0.05) is 11.6 Å². The fraction of sp³-hybridized carbons (Fsp3) is 0.273. The molecule has 0 spiro atoms. The Balaban J connectivity index is 2.05. The standard InChI is InChI=1S/C11H11ClO/c12-9-5-7-11(8-6-9)13-10-3-1-2-4-10/h3,5-8H,1-2,4H2. The summed E-state index contributed by atoms with van der Waals surface area (Å²) < 4.78 is 5.63. The van der Waals surface area contributed by atoms with Crippen LogP contribution in [0.15, 0.2) is 36.1 Å². The fourth-order valence-electron chi connectivity index (χ4n) is 1.39. The van der Waals surface area contributed by atoms with E-state index in [9.17, 15) is 0 Å². The van der Waals surface area contributed by atoms with Crippen molar-refractivity contribution in [2.24, 2.45) is 0 Å². The van der Waals surface area contributed by atoms with Crippen molar-refractivity contribution < 1.29 is 4.74 Å². The summed E-state index contributed by atoms with van der Waals surface area (Å²) in [7, 11) is 0. The van der Waals surface area contributed by atoms with E-state index in [0.29, 0.717) is 0 Å². The van der Waals surface area contributed by atoms with E-state index in [4.69, 9.17) is 16.3 Å². The molecule has 0 saturated carbocycles. The monoisotopic (exact) mass is 194 g/mol. The predicted molar refractivity (Wildman–Crippen MR) is 54.0 cm³/mol. The Bertz CT molecular complexity index is 313. The van der Waals surface area contributed by atoms with E-state index in [2.05, 4.69) is 6.08 Å². The molecule has 1 aromatic carbocycles. The van der Waals surface area contributed by atoms with Crippen LogP contribution in [0.3, 0.4) is 0 Å². The van der Waals surface area contributed by atoms with Crippen LogP contribution in [-0.2, 0) is 0 Å². The highest BCUT2D eigenvalue weighted by Crippen LogP contribution is 2.23. The van der Waals surface area contributed by atoms with E-state index in [0.717, 1.165) is 29.4 Å². The van der Waals surface area contributed by atoms with Gasteiger partial charge in [0.2, 0.25) is 0 Å². The number of benzene rings is 1. The average molecular weight is 195 g/mol. The molecule has 0 heterocycles. The SMILES string of the molecule is Clc1ccc(OC2=CCCC2)cc1. The lowest BCUT2D eigenvalue weighted by molar-refractivity contribution is 0.411. The molecule has 1 aromatic rings. The van der Waals surface area contributed by atoms with Crippen LogP contribution < -0.4 is 4.74 Å². The maximum Gasteiger partial charge on any atom is 0.127 e. The number of allylic oxidation sites excluding steroid dienone is 2. The Kier molecular flexibility index (Phi) is 2.55. The van der Waals surface area contributed by atoms with E-state index < -0.39 is 0 Å². The van der Waals surface area contributed by atoms with E-state index in [1.807, 2.05) is 24.3 Å². The maximum absolute atomic E-state index is 5.76. The van der Waals surface area contributed by atoms with Gasteiger partial charge in [-0.05, 0) is 43.2 Å². The molecule has 2 heteroatoms. The van der Waals surface area contributed by atoms with Gasteiger partial charge in [0.1, 0.15) is 11.5 Å². The van der Waals surface area contributed by atoms with Crippen LogP contribution in [0.2, 0.25) is 5.02 Å². The van der Waals surface area contributed by atoms with E-state index >= 15 is 0 Å². The molecule has 68 valence electrons. The minimum absolute atomic E-state index is 0.743. The molecule has 1 nitrogen and oxygen atoms in total. The lowest BCUT2D eigenvalue weighted by Gasteiger charge is -2.05. The third kappa shape index (κ3) is 2.25. The largest absolute Gasteiger partial charge is 0.462 e. The number of hydrogen-bond donors (Lipinski definition) is 0. The van der Waals surface area contributed by atoms with Crippen molar-refractivity contribution in [1.29, 1.82) is 0 Å². The normalized spacial score (nSPS) is 15.6. The summed E-state index contributed by atoms with van der Waals surface area (Å²) in [4.78, 5) is 0. The smallest absolute Gasteiger partial charge is 0.127 e. The van der Waals surface area contributed by atoms with Crippen LogP contribution in [0.1, 0.15) is 19.3 Å². The molecule has 1 aliphatic carbocycles. The Labute approximate surface area is 83.0 Å². The van der Waals surface area contributed by atoms with Gasteiger partial charge in [0.25, 0.3) is 0 Å². The number of rotatable bonds is 2. The Morgan fingerprint density at radius 2 is 1.92 bits per heavy atom. The van der Waals surface area contributed by atoms with Crippen LogP contribution in [0.25, 0.3) is 0 Å². The molecule has 0 aromatic heterocycles. The molecule has 13 heavy (non-hydrogen) atoms. The Morgan fingerprint density at radius 1 is 1.15 bits per heavy atom. The molecule has 0 radical (unpaired) electrons.